The molecule has 0 spiro atoms. The summed E-state index contributed by atoms with van der Waals surface area (Å²) >= 11 is 1.30. The van der Waals surface area contributed by atoms with Gasteiger partial charge in [0.2, 0.25) is 5.91 Å². The number of carbonyl (C=O) groups excluding carboxylic acids is 2. The third kappa shape index (κ3) is 2.23. The van der Waals surface area contributed by atoms with Gasteiger partial charge in [-0.1, -0.05) is 0 Å². The summed E-state index contributed by atoms with van der Waals surface area (Å²) in [4.78, 5) is 31.0. The number of fused-ring (bicyclic) bond motifs is 1. The Bertz CT molecular complexity index is 740. The standard InChI is InChI=1S/C14H16N4O2S/c1-7-2-4-17-13-9(7)10(15)11(21-13)14(20)18-5-3-8(6-18)12(16)19/h2,4,8H,3,5-6,15H2,1H3,(H2,16,19). The Morgan fingerprint density at radius 3 is 2.86 bits per heavy atom. The third-order valence-corrected chi connectivity index (χ3v) is 5.01. The topological polar surface area (TPSA) is 102 Å². The predicted octanol–water partition coefficient (Wildman–Crippen LogP) is 1.13. The molecule has 2 amide bonds. The van der Waals surface area contributed by atoms with Gasteiger partial charge in [-0.15, -0.1) is 11.3 Å². The highest BCUT2D eigenvalue weighted by atomic mass is 32.1. The molecule has 21 heavy (non-hydrogen) atoms. The molecule has 1 aliphatic rings. The first-order valence-electron chi connectivity index (χ1n) is 6.71. The van der Waals surface area contributed by atoms with Crippen LogP contribution in [0.3, 0.4) is 0 Å². The van der Waals surface area contributed by atoms with Crippen LogP contribution in [0.2, 0.25) is 0 Å². The van der Waals surface area contributed by atoms with Gasteiger partial charge in [-0.3, -0.25) is 9.59 Å². The Morgan fingerprint density at radius 1 is 1.48 bits per heavy atom. The molecule has 1 atom stereocenters. The van der Waals surface area contributed by atoms with E-state index in [0.29, 0.717) is 30.1 Å². The molecule has 0 radical (unpaired) electrons. The quantitative estimate of drug-likeness (QED) is 0.868. The van der Waals surface area contributed by atoms with E-state index in [1.807, 2.05) is 13.0 Å². The summed E-state index contributed by atoms with van der Waals surface area (Å²) in [6.45, 7) is 2.85. The number of likely N-dealkylation sites (tertiary alicyclic amines) is 1. The highest BCUT2D eigenvalue weighted by molar-refractivity contribution is 7.21. The molecule has 0 aromatic carbocycles. The number of anilines is 1. The Kier molecular flexibility index (Phi) is 3.29. The summed E-state index contributed by atoms with van der Waals surface area (Å²) in [5, 5.41) is 0.844. The molecule has 7 heteroatoms. The molecule has 3 heterocycles. The van der Waals surface area contributed by atoms with Crippen LogP contribution in [0.15, 0.2) is 12.3 Å². The number of pyridine rings is 1. The van der Waals surface area contributed by atoms with Gasteiger partial charge in [-0.05, 0) is 25.0 Å². The Hall–Kier alpha value is -2.15. The molecule has 0 aliphatic carbocycles. The van der Waals surface area contributed by atoms with Crippen molar-refractivity contribution in [2.45, 2.75) is 13.3 Å². The maximum atomic E-state index is 12.6. The number of hydrogen-bond donors (Lipinski definition) is 2. The van der Waals surface area contributed by atoms with Crippen molar-refractivity contribution in [1.82, 2.24) is 9.88 Å². The molecule has 3 rings (SSSR count). The first-order valence-corrected chi connectivity index (χ1v) is 7.53. The molecule has 1 fully saturated rings. The molecule has 2 aromatic heterocycles. The van der Waals surface area contributed by atoms with Crippen LogP contribution < -0.4 is 11.5 Å². The first-order chi connectivity index (χ1) is 9.99. The monoisotopic (exact) mass is 304 g/mol. The largest absolute Gasteiger partial charge is 0.397 e. The zero-order chi connectivity index (χ0) is 15.1. The highest BCUT2D eigenvalue weighted by Gasteiger charge is 2.32. The van der Waals surface area contributed by atoms with Gasteiger partial charge in [0.25, 0.3) is 5.91 Å². The molecule has 1 aliphatic heterocycles. The molecule has 4 N–H and O–H groups in total. The zero-order valence-electron chi connectivity index (χ0n) is 11.6. The van der Waals surface area contributed by atoms with Gasteiger partial charge >= 0.3 is 0 Å². The van der Waals surface area contributed by atoms with E-state index in [2.05, 4.69) is 4.98 Å². The number of nitrogen functional groups attached to an aromatic ring is 1. The third-order valence-electron chi connectivity index (χ3n) is 3.91. The Morgan fingerprint density at radius 2 is 2.24 bits per heavy atom. The predicted molar refractivity (Wildman–Crippen MR) is 82.0 cm³/mol. The lowest BCUT2D eigenvalue weighted by Gasteiger charge is -2.15. The number of nitrogens with two attached hydrogens (primary N) is 2. The summed E-state index contributed by atoms with van der Waals surface area (Å²) in [5.74, 6) is -0.754. The minimum atomic E-state index is -0.355. The van der Waals surface area contributed by atoms with Crippen LogP contribution in [0.1, 0.15) is 21.7 Å². The normalized spacial score (nSPS) is 18.3. The van der Waals surface area contributed by atoms with Gasteiger partial charge in [0.1, 0.15) is 9.71 Å². The van der Waals surface area contributed by atoms with E-state index >= 15 is 0 Å². The van der Waals surface area contributed by atoms with Gasteiger partial charge in [0, 0.05) is 24.7 Å². The van der Waals surface area contributed by atoms with Gasteiger partial charge in [0.05, 0.1) is 11.6 Å². The van der Waals surface area contributed by atoms with Crippen molar-refractivity contribution in [3.05, 3.63) is 22.7 Å². The van der Waals surface area contributed by atoms with E-state index in [1.165, 1.54) is 11.3 Å². The van der Waals surface area contributed by atoms with Crippen LogP contribution in [0.4, 0.5) is 5.69 Å². The Balaban J connectivity index is 1.94. The van der Waals surface area contributed by atoms with Crippen molar-refractivity contribution in [1.29, 1.82) is 0 Å². The van der Waals surface area contributed by atoms with Gasteiger partial charge < -0.3 is 16.4 Å². The summed E-state index contributed by atoms with van der Waals surface area (Å²) in [5.41, 5.74) is 12.9. The molecule has 0 bridgehead atoms. The van der Waals surface area contributed by atoms with Crippen molar-refractivity contribution in [2.24, 2.45) is 11.7 Å². The number of aryl methyl sites for hydroxylation is 1. The fourth-order valence-electron chi connectivity index (χ4n) is 2.68. The van der Waals surface area contributed by atoms with E-state index in [1.54, 1.807) is 11.1 Å². The maximum absolute atomic E-state index is 12.6. The molecule has 2 aromatic rings. The number of primary amides is 1. The fraction of sp³-hybridized carbons (Fsp3) is 0.357. The van der Waals surface area contributed by atoms with Gasteiger partial charge in [-0.25, -0.2) is 4.98 Å². The highest BCUT2D eigenvalue weighted by Crippen LogP contribution is 2.35. The van der Waals surface area contributed by atoms with Crippen molar-refractivity contribution >= 4 is 39.1 Å². The average Bonchev–Trinajstić information content (AvgIpc) is 3.04. The number of hydrogen-bond acceptors (Lipinski definition) is 5. The lowest BCUT2D eigenvalue weighted by atomic mass is 10.1. The van der Waals surface area contributed by atoms with E-state index in [0.717, 1.165) is 15.8 Å². The summed E-state index contributed by atoms with van der Waals surface area (Å²) in [6, 6.07) is 1.87. The van der Waals surface area contributed by atoms with E-state index < -0.39 is 0 Å². The number of nitrogens with zero attached hydrogens (tertiary/aromatic N) is 2. The van der Waals surface area contributed by atoms with Crippen molar-refractivity contribution in [3.63, 3.8) is 0 Å². The summed E-state index contributed by atoms with van der Waals surface area (Å²) < 4.78 is 0. The van der Waals surface area contributed by atoms with E-state index in [9.17, 15) is 9.59 Å². The lowest BCUT2D eigenvalue weighted by molar-refractivity contribution is -0.121. The van der Waals surface area contributed by atoms with Crippen molar-refractivity contribution in [3.8, 4) is 0 Å². The number of carbonyl (C=O) groups is 2. The molecule has 110 valence electrons. The molecule has 0 saturated carbocycles. The van der Waals surface area contributed by atoms with E-state index in [-0.39, 0.29) is 17.7 Å². The van der Waals surface area contributed by atoms with Crippen LogP contribution in [0.5, 0.6) is 0 Å². The molecular weight excluding hydrogens is 288 g/mol. The van der Waals surface area contributed by atoms with Crippen LogP contribution in [0.25, 0.3) is 10.2 Å². The second kappa shape index (κ2) is 5.00. The lowest BCUT2D eigenvalue weighted by Crippen LogP contribution is -2.31. The number of aromatic nitrogens is 1. The Labute approximate surface area is 125 Å². The van der Waals surface area contributed by atoms with Crippen molar-refractivity contribution in [2.75, 3.05) is 18.8 Å². The molecular formula is C14H16N4O2S. The second-order valence-corrected chi connectivity index (χ2v) is 6.29. The fourth-order valence-corrected chi connectivity index (χ4v) is 3.79. The number of amides is 2. The minimum absolute atomic E-state index is 0.140. The smallest absolute Gasteiger partial charge is 0.266 e. The number of rotatable bonds is 2. The van der Waals surface area contributed by atoms with Gasteiger partial charge in [0.15, 0.2) is 0 Å². The molecule has 6 nitrogen and oxygen atoms in total. The molecule has 1 unspecified atom stereocenters. The average molecular weight is 304 g/mol. The first kappa shape index (κ1) is 13.8. The van der Waals surface area contributed by atoms with Crippen LogP contribution in [-0.2, 0) is 4.79 Å². The van der Waals surface area contributed by atoms with Crippen molar-refractivity contribution < 1.29 is 9.59 Å². The maximum Gasteiger partial charge on any atom is 0.266 e. The number of thiophene rings is 1. The summed E-state index contributed by atoms with van der Waals surface area (Å²) in [6.07, 6.45) is 2.32. The summed E-state index contributed by atoms with van der Waals surface area (Å²) in [7, 11) is 0. The second-order valence-electron chi connectivity index (χ2n) is 5.29. The SMILES string of the molecule is Cc1ccnc2sc(C(=O)N3CCC(C(N)=O)C3)c(N)c12. The minimum Gasteiger partial charge on any atom is -0.397 e. The molecule has 1 saturated heterocycles. The van der Waals surface area contributed by atoms with Crippen LogP contribution in [-0.4, -0.2) is 34.8 Å². The van der Waals surface area contributed by atoms with Crippen LogP contribution >= 0.6 is 11.3 Å². The van der Waals surface area contributed by atoms with E-state index in [4.69, 9.17) is 11.5 Å². The van der Waals surface area contributed by atoms with Gasteiger partial charge in [-0.2, -0.15) is 0 Å². The zero-order valence-corrected chi connectivity index (χ0v) is 12.4. The van der Waals surface area contributed by atoms with Crippen LogP contribution in [0, 0.1) is 12.8 Å².